The van der Waals surface area contributed by atoms with Gasteiger partial charge in [0.25, 0.3) is 0 Å². The van der Waals surface area contributed by atoms with Crippen LogP contribution < -0.4 is 4.90 Å². The summed E-state index contributed by atoms with van der Waals surface area (Å²) in [6.07, 6.45) is 3.64. The van der Waals surface area contributed by atoms with Crippen molar-refractivity contribution in [2.45, 2.75) is 32.8 Å². The second-order valence-electron chi connectivity index (χ2n) is 5.51. The van der Waals surface area contributed by atoms with E-state index in [0.29, 0.717) is 0 Å². The Labute approximate surface area is 120 Å². The van der Waals surface area contributed by atoms with E-state index in [1.807, 2.05) is 6.07 Å². The van der Waals surface area contributed by atoms with E-state index in [1.54, 1.807) is 0 Å². The Morgan fingerprint density at radius 2 is 1.95 bits per heavy atom. The molecule has 0 aromatic heterocycles. The lowest BCUT2D eigenvalue weighted by Gasteiger charge is -2.26. The van der Waals surface area contributed by atoms with Crippen LogP contribution in [0.2, 0.25) is 0 Å². The molecule has 104 valence electrons. The van der Waals surface area contributed by atoms with Crippen LogP contribution in [-0.2, 0) is 13.0 Å². The van der Waals surface area contributed by atoms with Gasteiger partial charge in [-0.1, -0.05) is 24.3 Å². The Bertz CT molecular complexity index is 606. The number of fused-ring (bicyclic) bond motifs is 1. The van der Waals surface area contributed by atoms with E-state index in [2.05, 4.69) is 48.2 Å². The van der Waals surface area contributed by atoms with E-state index in [9.17, 15) is 5.11 Å². The number of anilines is 2. The number of nitrogens with zero attached hydrogens (tertiary/aromatic N) is 1. The van der Waals surface area contributed by atoms with E-state index >= 15 is 0 Å². The Morgan fingerprint density at radius 3 is 2.75 bits per heavy atom. The van der Waals surface area contributed by atoms with Crippen LogP contribution >= 0.6 is 0 Å². The lowest BCUT2D eigenvalue weighted by molar-refractivity contribution is 0.281. The van der Waals surface area contributed by atoms with Crippen molar-refractivity contribution < 1.29 is 5.11 Å². The largest absolute Gasteiger partial charge is 0.392 e. The van der Waals surface area contributed by atoms with Gasteiger partial charge in [-0.3, -0.25) is 0 Å². The zero-order valence-corrected chi connectivity index (χ0v) is 12.0. The molecule has 2 nitrogen and oxygen atoms in total. The third-order valence-corrected chi connectivity index (χ3v) is 4.17. The summed E-state index contributed by atoms with van der Waals surface area (Å²) in [6, 6.07) is 15.1. The van der Waals surface area contributed by atoms with Gasteiger partial charge < -0.3 is 10.0 Å². The number of aliphatic hydroxyl groups is 1. The fourth-order valence-electron chi connectivity index (χ4n) is 2.98. The van der Waals surface area contributed by atoms with Crippen molar-refractivity contribution in [3.05, 3.63) is 59.2 Å². The van der Waals surface area contributed by atoms with Crippen molar-refractivity contribution in [2.24, 2.45) is 0 Å². The second-order valence-corrected chi connectivity index (χ2v) is 5.51. The number of rotatable bonds is 2. The van der Waals surface area contributed by atoms with Crippen LogP contribution in [0.15, 0.2) is 42.5 Å². The fourth-order valence-corrected chi connectivity index (χ4v) is 2.98. The minimum Gasteiger partial charge on any atom is -0.392 e. The summed E-state index contributed by atoms with van der Waals surface area (Å²) < 4.78 is 0. The molecule has 0 bridgehead atoms. The minimum absolute atomic E-state index is 0.114. The fraction of sp³-hybridized carbons (Fsp3) is 0.333. The Kier molecular flexibility index (Phi) is 3.75. The quantitative estimate of drug-likeness (QED) is 0.890. The van der Waals surface area contributed by atoms with Crippen LogP contribution in [-0.4, -0.2) is 11.7 Å². The van der Waals surface area contributed by atoms with Crippen LogP contribution in [0.4, 0.5) is 11.4 Å². The van der Waals surface area contributed by atoms with Crippen LogP contribution in [0.3, 0.4) is 0 Å². The van der Waals surface area contributed by atoms with Gasteiger partial charge in [-0.25, -0.2) is 0 Å². The van der Waals surface area contributed by atoms with E-state index < -0.39 is 0 Å². The molecule has 0 aliphatic carbocycles. The van der Waals surface area contributed by atoms with E-state index in [-0.39, 0.29) is 6.61 Å². The van der Waals surface area contributed by atoms with Gasteiger partial charge in [0.1, 0.15) is 0 Å². The minimum atomic E-state index is 0.114. The molecule has 20 heavy (non-hydrogen) atoms. The molecule has 0 unspecified atom stereocenters. The highest BCUT2D eigenvalue weighted by Gasteiger charge is 2.16. The molecule has 0 amide bonds. The van der Waals surface area contributed by atoms with Gasteiger partial charge in [0.05, 0.1) is 6.61 Å². The first kappa shape index (κ1) is 13.2. The van der Waals surface area contributed by atoms with Gasteiger partial charge in [0.2, 0.25) is 0 Å². The molecule has 3 rings (SSSR count). The van der Waals surface area contributed by atoms with Gasteiger partial charge >= 0.3 is 0 Å². The Morgan fingerprint density at radius 1 is 1.10 bits per heavy atom. The average Bonchev–Trinajstić information content (AvgIpc) is 2.69. The lowest BCUT2D eigenvalue weighted by atomic mass is 10.1. The van der Waals surface area contributed by atoms with Gasteiger partial charge in [0.15, 0.2) is 0 Å². The van der Waals surface area contributed by atoms with Gasteiger partial charge in [-0.15, -0.1) is 0 Å². The van der Waals surface area contributed by atoms with E-state index in [4.69, 9.17) is 0 Å². The standard InChI is InChI=1S/C18H21NO/c1-14-12-17(10-9-16(14)13-20)19-11-5-4-7-15-6-2-3-8-18(15)19/h2-3,6,8-10,12,20H,4-5,7,11,13H2,1H3. The van der Waals surface area contributed by atoms with Gasteiger partial charge in [0, 0.05) is 17.9 Å². The van der Waals surface area contributed by atoms with Crippen LogP contribution in [0.25, 0.3) is 0 Å². The zero-order chi connectivity index (χ0) is 13.9. The molecule has 1 aliphatic heterocycles. The number of para-hydroxylation sites is 1. The number of hydrogen-bond donors (Lipinski definition) is 1. The Balaban J connectivity index is 2.03. The average molecular weight is 267 g/mol. The van der Waals surface area contributed by atoms with E-state index in [0.717, 1.165) is 17.7 Å². The SMILES string of the molecule is Cc1cc(N2CCCCc3ccccc32)ccc1CO. The summed E-state index contributed by atoms with van der Waals surface area (Å²) in [5.74, 6) is 0. The van der Waals surface area contributed by atoms with Crippen LogP contribution in [0, 0.1) is 6.92 Å². The normalized spacial score (nSPS) is 14.8. The molecule has 0 spiro atoms. The maximum Gasteiger partial charge on any atom is 0.0684 e. The molecule has 2 aromatic carbocycles. The third-order valence-electron chi connectivity index (χ3n) is 4.17. The lowest BCUT2D eigenvalue weighted by Crippen LogP contribution is -2.18. The highest BCUT2D eigenvalue weighted by atomic mass is 16.3. The first-order valence-electron chi connectivity index (χ1n) is 7.35. The number of aliphatic hydroxyl groups excluding tert-OH is 1. The molecule has 2 aromatic rings. The molecule has 0 radical (unpaired) electrons. The van der Waals surface area contributed by atoms with Crippen molar-refractivity contribution in [1.82, 2.24) is 0 Å². The molecule has 2 heteroatoms. The zero-order valence-electron chi connectivity index (χ0n) is 12.0. The number of aryl methyl sites for hydroxylation is 2. The predicted molar refractivity (Wildman–Crippen MR) is 83.5 cm³/mol. The van der Waals surface area contributed by atoms with Crippen molar-refractivity contribution in [2.75, 3.05) is 11.4 Å². The van der Waals surface area contributed by atoms with Crippen molar-refractivity contribution in [3.8, 4) is 0 Å². The highest BCUT2D eigenvalue weighted by molar-refractivity contribution is 5.68. The summed E-state index contributed by atoms with van der Waals surface area (Å²) in [5, 5.41) is 9.31. The van der Waals surface area contributed by atoms with Crippen molar-refractivity contribution in [3.63, 3.8) is 0 Å². The number of benzene rings is 2. The summed E-state index contributed by atoms with van der Waals surface area (Å²) >= 11 is 0. The topological polar surface area (TPSA) is 23.5 Å². The molecular weight excluding hydrogens is 246 g/mol. The first-order chi connectivity index (χ1) is 9.79. The summed E-state index contributed by atoms with van der Waals surface area (Å²) in [4.78, 5) is 2.41. The third kappa shape index (κ3) is 2.44. The summed E-state index contributed by atoms with van der Waals surface area (Å²) in [5.41, 5.74) is 6.17. The second kappa shape index (κ2) is 5.68. The van der Waals surface area contributed by atoms with Crippen LogP contribution in [0.1, 0.15) is 29.5 Å². The summed E-state index contributed by atoms with van der Waals surface area (Å²) in [7, 11) is 0. The maximum absolute atomic E-state index is 9.31. The molecule has 0 saturated heterocycles. The van der Waals surface area contributed by atoms with Crippen LogP contribution in [0.5, 0.6) is 0 Å². The highest BCUT2D eigenvalue weighted by Crippen LogP contribution is 2.33. The maximum atomic E-state index is 9.31. The van der Waals surface area contributed by atoms with Crippen molar-refractivity contribution in [1.29, 1.82) is 0 Å². The first-order valence-corrected chi connectivity index (χ1v) is 7.35. The molecule has 1 N–H and O–H groups in total. The Hall–Kier alpha value is -1.80. The molecule has 1 heterocycles. The van der Waals surface area contributed by atoms with Crippen molar-refractivity contribution >= 4 is 11.4 Å². The van der Waals surface area contributed by atoms with Gasteiger partial charge in [-0.2, -0.15) is 0 Å². The molecular formula is C18H21NO. The smallest absolute Gasteiger partial charge is 0.0684 e. The monoisotopic (exact) mass is 267 g/mol. The van der Waals surface area contributed by atoms with Gasteiger partial charge in [-0.05, 0) is 61.1 Å². The predicted octanol–water partition coefficient (Wildman–Crippen LogP) is 3.96. The molecule has 0 saturated carbocycles. The molecule has 1 aliphatic rings. The molecule has 0 fully saturated rings. The molecule has 0 atom stereocenters. The number of hydrogen-bond acceptors (Lipinski definition) is 2. The van der Waals surface area contributed by atoms with E-state index in [1.165, 1.54) is 36.2 Å². The summed E-state index contributed by atoms with van der Waals surface area (Å²) in [6.45, 7) is 3.25.